The molecule has 9 heteroatoms. The first-order chi connectivity index (χ1) is 13.0. The maximum Gasteiger partial charge on any atom is 0.305 e. The summed E-state index contributed by atoms with van der Waals surface area (Å²) in [6.45, 7) is 2.62. The average Bonchev–Trinajstić information content (AvgIpc) is 2.97. The lowest BCUT2D eigenvalue weighted by Crippen LogP contribution is -2.29. The van der Waals surface area contributed by atoms with Gasteiger partial charge in [0.1, 0.15) is 11.1 Å². The lowest BCUT2D eigenvalue weighted by atomic mass is 10.1. The van der Waals surface area contributed by atoms with Crippen LogP contribution in [0.3, 0.4) is 0 Å². The smallest absolute Gasteiger partial charge is 0.305 e. The number of nitrogens with zero attached hydrogens (tertiary/aromatic N) is 3. The van der Waals surface area contributed by atoms with Crippen LogP contribution in [0.1, 0.15) is 36.8 Å². The Morgan fingerprint density at radius 3 is 2.85 bits per heavy atom. The molecule has 7 nitrogen and oxygen atoms in total. The van der Waals surface area contributed by atoms with Crippen molar-refractivity contribution in [1.29, 1.82) is 0 Å². The molecule has 0 radical (unpaired) electrons. The van der Waals surface area contributed by atoms with E-state index >= 15 is 0 Å². The van der Waals surface area contributed by atoms with E-state index in [1.807, 2.05) is 0 Å². The van der Waals surface area contributed by atoms with E-state index in [4.69, 9.17) is 5.11 Å². The number of amidine groups is 1. The van der Waals surface area contributed by atoms with Crippen LogP contribution in [0, 0.1) is 5.82 Å². The summed E-state index contributed by atoms with van der Waals surface area (Å²) in [5.41, 5.74) is 1.23. The molecule has 1 unspecified atom stereocenters. The van der Waals surface area contributed by atoms with Gasteiger partial charge in [0.05, 0.1) is 12.6 Å². The predicted octanol–water partition coefficient (Wildman–Crippen LogP) is 2.21. The maximum atomic E-state index is 14.3. The van der Waals surface area contributed by atoms with E-state index < -0.39 is 17.1 Å². The minimum atomic E-state index is -1.05. The molecule has 27 heavy (non-hydrogen) atoms. The number of hydrogen-bond donors (Lipinski definition) is 2. The summed E-state index contributed by atoms with van der Waals surface area (Å²) in [4.78, 5) is 24.6. The Balaban J connectivity index is 1.58. The number of carboxylic acid groups (broad SMARTS) is 1. The van der Waals surface area contributed by atoms with Crippen LogP contribution in [0.25, 0.3) is 0 Å². The second-order valence-electron chi connectivity index (χ2n) is 6.53. The lowest BCUT2D eigenvalue weighted by Gasteiger charge is -2.26. The van der Waals surface area contributed by atoms with Gasteiger partial charge >= 0.3 is 5.97 Å². The largest absolute Gasteiger partial charge is 0.481 e. The van der Waals surface area contributed by atoms with Gasteiger partial charge in [0.25, 0.3) is 0 Å². The van der Waals surface area contributed by atoms with Crippen molar-refractivity contribution in [2.75, 3.05) is 13.1 Å². The van der Waals surface area contributed by atoms with Crippen LogP contribution < -0.4 is 5.32 Å². The highest BCUT2D eigenvalue weighted by Crippen LogP contribution is 2.22. The van der Waals surface area contributed by atoms with Crippen LogP contribution in [0.4, 0.5) is 4.39 Å². The summed E-state index contributed by atoms with van der Waals surface area (Å²) in [5.74, 6) is -1.72. The Hall–Kier alpha value is -2.26. The average molecular weight is 392 g/mol. The number of carbonyl (C=O) groups excluding carboxylic acids is 1. The highest BCUT2D eigenvalue weighted by Gasteiger charge is 2.32. The summed E-state index contributed by atoms with van der Waals surface area (Å²) in [6.07, 6.45) is 4.69. The lowest BCUT2D eigenvalue weighted by molar-refractivity contribution is -0.138. The van der Waals surface area contributed by atoms with Gasteiger partial charge < -0.3 is 10.4 Å². The Bertz CT molecular complexity index is 778. The van der Waals surface area contributed by atoms with Crippen LogP contribution in [0.2, 0.25) is 0 Å². The summed E-state index contributed by atoms with van der Waals surface area (Å²) in [6, 6.07) is 4.95. The highest BCUT2D eigenvalue weighted by atomic mass is 32.2. The normalized spacial score (nSPS) is 22.5. The summed E-state index contributed by atoms with van der Waals surface area (Å²) in [7, 11) is 0. The van der Waals surface area contributed by atoms with Crippen LogP contribution in [-0.2, 0) is 16.1 Å². The number of halogens is 1. The third-order valence-electron chi connectivity index (χ3n) is 4.41. The van der Waals surface area contributed by atoms with E-state index in [1.165, 1.54) is 18.7 Å². The van der Waals surface area contributed by atoms with Crippen molar-refractivity contribution in [2.24, 2.45) is 10.2 Å². The molecule has 1 aromatic carbocycles. The number of rotatable bonds is 6. The standard InChI is InChI=1S/C18H21FN4O3S/c19-14-8-12(4-5-13(14)11-23-6-2-1-3-7-23)10-20-22-18-21-17(26)15(27-18)9-16(24)25/h4-5,8,10,15H,1-3,6-7,9,11H2,(H,24,25)(H,21,22,26). The van der Waals surface area contributed by atoms with Gasteiger partial charge in [-0.15, -0.1) is 5.10 Å². The number of hydrogen-bond acceptors (Lipinski definition) is 6. The first-order valence-electron chi connectivity index (χ1n) is 8.82. The van der Waals surface area contributed by atoms with E-state index in [0.29, 0.717) is 17.7 Å². The Morgan fingerprint density at radius 1 is 1.37 bits per heavy atom. The quantitative estimate of drug-likeness (QED) is 0.572. The second-order valence-corrected chi connectivity index (χ2v) is 7.72. The first kappa shape index (κ1) is 19.5. The van der Waals surface area contributed by atoms with Gasteiger partial charge in [-0.25, -0.2) is 4.39 Å². The van der Waals surface area contributed by atoms with Gasteiger partial charge in [0, 0.05) is 12.1 Å². The van der Waals surface area contributed by atoms with Crippen molar-refractivity contribution in [1.82, 2.24) is 10.2 Å². The number of piperidine rings is 1. The fraction of sp³-hybridized carbons (Fsp3) is 0.444. The van der Waals surface area contributed by atoms with E-state index in [2.05, 4.69) is 20.4 Å². The molecular weight excluding hydrogens is 371 g/mol. The van der Waals surface area contributed by atoms with Crippen LogP contribution in [0.5, 0.6) is 0 Å². The summed E-state index contributed by atoms with van der Waals surface area (Å²) < 4.78 is 14.3. The fourth-order valence-corrected chi connectivity index (χ4v) is 3.94. The molecule has 0 saturated carbocycles. The monoisotopic (exact) mass is 392 g/mol. The summed E-state index contributed by atoms with van der Waals surface area (Å²) in [5, 5.41) is 18.5. The molecule has 2 N–H and O–H groups in total. The molecule has 2 aliphatic rings. The molecule has 0 aromatic heterocycles. The second kappa shape index (κ2) is 9.09. The van der Waals surface area contributed by atoms with Crippen LogP contribution in [0.15, 0.2) is 28.4 Å². The van der Waals surface area contributed by atoms with Crippen molar-refractivity contribution in [3.8, 4) is 0 Å². The number of nitrogens with one attached hydrogen (secondary N) is 1. The van der Waals surface area contributed by atoms with E-state index in [0.717, 1.165) is 37.7 Å². The van der Waals surface area contributed by atoms with Gasteiger partial charge in [-0.2, -0.15) is 5.10 Å². The van der Waals surface area contributed by atoms with Crippen molar-refractivity contribution in [3.63, 3.8) is 0 Å². The zero-order chi connectivity index (χ0) is 19.2. The van der Waals surface area contributed by atoms with E-state index in [-0.39, 0.29) is 17.4 Å². The van der Waals surface area contributed by atoms with Crippen LogP contribution in [-0.4, -0.2) is 51.6 Å². The van der Waals surface area contributed by atoms with Crippen molar-refractivity contribution in [2.45, 2.75) is 37.5 Å². The number of amides is 1. The van der Waals surface area contributed by atoms with Gasteiger partial charge in [0.15, 0.2) is 5.17 Å². The molecule has 1 atom stereocenters. The number of carboxylic acids is 1. The molecule has 1 aromatic rings. The Labute approximate surface area is 160 Å². The van der Waals surface area contributed by atoms with Crippen molar-refractivity contribution < 1.29 is 19.1 Å². The zero-order valence-corrected chi connectivity index (χ0v) is 15.5. The molecule has 2 aliphatic heterocycles. The first-order valence-corrected chi connectivity index (χ1v) is 9.70. The summed E-state index contributed by atoms with van der Waals surface area (Å²) >= 11 is 1.02. The topological polar surface area (TPSA) is 94.4 Å². The molecule has 144 valence electrons. The molecule has 1 amide bonds. The maximum absolute atomic E-state index is 14.3. The number of thioether (sulfide) groups is 1. The molecule has 2 heterocycles. The number of carbonyl (C=O) groups is 2. The number of likely N-dealkylation sites (tertiary alicyclic amines) is 1. The number of benzene rings is 1. The fourth-order valence-electron chi connectivity index (χ4n) is 3.02. The van der Waals surface area contributed by atoms with Gasteiger partial charge in [-0.3, -0.25) is 14.5 Å². The van der Waals surface area contributed by atoms with Gasteiger partial charge in [0.2, 0.25) is 5.91 Å². The minimum absolute atomic E-state index is 0.240. The van der Waals surface area contributed by atoms with E-state index in [9.17, 15) is 14.0 Å². The molecule has 2 fully saturated rings. The molecular formula is C18H21FN4O3S. The minimum Gasteiger partial charge on any atom is -0.481 e. The predicted molar refractivity (Wildman–Crippen MR) is 102 cm³/mol. The molecule has 0 aliphatic carbocycles. The zero-order valence-electron chi connectivity index (χ0n) is 14.7. The molecule has 0 spiro atoms. The third kappa shape index (κ3) is 5.61. The Morgan fingerprint density at radius 2 is 2.15 bits per heavy atom. The molecule has 0 bridgehead atoms. The number of aliphatic carboxylic acids is 1. The molecule has 3 rings (SSSR count). The van der Waals surface area contributed by atoms with Crippen LogP contribution >= 0.6 is 11.8 Å². The highest BCUT2D eigenvalue weighted by molar-refractivity contribution is 8.15. The third-order valence-corrected chi connectivity index (χ3v) is 5.48. The van der Waals surface area contributed by atoms with E-state index in [1.54, 1.807) is 12.1 Å². The molecule has 2 saturated heterocycles. The van der Waals surface area contributed by atoms with Gasteiger partial charge in [-0.05, 0) is 37.6 Å². The SMILES string of the molecule is O=C(O)CC1SC(=NN=Cc2ccc(CN3CCCCC3)c(F)c2)NC1=O. The van der Waals surface area contributed by atoms with Crippen molar-refractivity contribution >= 4 is 35.0 Å². The Kier molecular flexibility index (Phi) is 6.57. The van der Waals surface area contributed by atoms with Gasteiger partial charge in [-0.1, -0.05) is 30.3 Å². The van der Waals surface area contributed by atoms with Crippen molar-refractivity contribution in [3.05, 3.63) is 35.1 Å².